The number of nitrogens with zero attached hydrogens (tertiary/aromatic N) is 1. The Bertz CT molecular complexity index is 937. The molecule has 140 valence electrons. The van der Waals surface area contributed by atoms with Crippen molar-refractivity contribution in [2.24, 2.45) is 0 Å². The molecule has 5 nitrogen and oxygen atoms in total. The lowest BCUT2D eigenvalue weighted by atomic mass is 10.0. The predicted octanol–water partition coefficient (Wildman–Crippen LogP) is 4.16. The summed E-state index contributed by atoms with van der Waals surface area (Å²) in [5, 5.41) is 2.85. The van der Waals surface area contributed by atoms with Crippen LogP contribution in [0, 0.1) is 12.7 Å². The highest BCUT2D eigenvalue weighted by Gasteiger charge is 2.17. The minimum absolute atomic E-state index is 0.270. The molecule has 0 aliphatic carbocycles. The second kappa shape index (κ2) is 8.49. The third kappa shape index (κ3) is 4.53. The van der Waals surface area contributed by atoms with Crippen LogP contribution in [0.2, 0.25) is 0 Å². The first-order valence-corrected chi connectivity index (χ1v) is 8.68. The third-order valence-corrected chi connectivity index (χ3v) is 4.27. The SMILES string of the molecule is COc1ccc(-c2ccoc2C(=O)NCCCc2cncc(F)c2)cc1C. The standard InChI is InChI=1S/C21H21FN2O3/c1-14-10-16(5-6-19(14)26-2)18-7-9-27-20(18)21(25)24-8-3-4-15-11-17(22)13-23-12-15/h5-7,9-13H,3-4,8H2,1-2H3,(H,24,25). The first-order chi connectivity index (χ1) is 13.1. The minimum atomic E-state index is -0.355. The minimum Gasteiger partial charge on any atom is -0.496 e. The number of rotatable bonds is 7. The smallest absolute Gasteiger partial charge is 0.287 e. The fraction of sp³-hybridized carbons (Fsp3) is 0.238. The summed E-state index contributed by atoms with van der Waals surface area (Å²) in [5.41, 5.74) is 3.40. The molecule has 0 fully saturated rings. The number of hydrogen-bond donors (Lipinski definition) is 1. The molecule has 0 radical (unpaired) electrons. The molecule has 2 aromatic heterocycles. The van der Waals surface area contributed by atoms with Crippen molar-refractivity contribution in [3.8, 4) is 16.9 Å². The van der Waals surface area contributed by atoms with E-state index in [1.54, 1.807) is 19.4 Å². The average molecular weight is 368 g/mol. The van der Waals surface area contributed by atoms with Gasteiger partial charge in [0.15, 0.2) is 5.76 Å². The van der Waals surface area contributed by atoms with Gasteiger partial charge in [-0.25, -0.2) is 4.39 Å². The monoisotopic (exact) mass is 368 g/mol. The van der Waals surface area contributed by atoms with Crippen molar-refractivity contribution in [1.82, 2.24) is 10.3 Å². The number of nitrogens with one attached hydrogen (secondary N) is 1. The van der Waals surface area contributed by atoms with Gasteiger partial charge >= 0.3 is 0 Å². The van der Waals surface area contributed by atoms with E-state index in [-0.39, 0.29) is 17.5 Å². The number of furan rings is 1. The lowest BCUT2D eigenvalue weighted by molar-refractivity contribution is 0.0926. The van der Waals surface area contributed by atoms with Gasteiger partial charge in [-0.15, -0.1) is 0 Å². The summed E-state index contributed by atoms with van der Waals surface area (Å²) in [6, 6.07) is 8.94. The molecule has 27 heavy (non-hydrogen) atoms. The van der Waals surface area contributed by atoms with Crippen LogP contribution in [0.25, 0.3) is 11.1 Å². The van der Waals surface area contributed by atoms with E-state index in [2.05, 4.69) is 10.3 Å². The molecular formula is C21H21FN2O3. The summed E-state index contributed by atoms with van der Waals surface area (Å²) in [5.74, 6) is 0.430. The molecule has 3 rings (SSSR count). The van der Waals surface area contributed by atoms with Crippen LogP contribution >= 0.6 is 0 Å². The van der Waals surface area contributed by atoms with Crippen molar-refractivity contribution in [1.29, 1.82) is 0 Å². The van der Waals surface area contributed by atoms with Crippen LogP contribution in [-0.2, 0) is 6.42 Å². The van der Waals surface area contributed by atoms with Gasteiger partial charge in [-0.05, 0) is 60.7 Å². The maximum absolute atomic E-state index is 13.1. The number of pyridine rings is 1. The number of aromatic nitrogens is 1. The highest BCUT2D eigenvalue weighted by molar-refractivity contribution is 5.98. The molecule has 2 heterocycles. The molecule has 0 saturated carbocycles. The van der Waals surface area contributed by atoms with Crippen LogP contribution in [0.4, 0.5) is 4.39 Å². The Morgan fingerprint density at radius 3 is 2.85 bits per heavy atom. The normalized spacial score (nSPS) is 10.6. The topological polar surface area (TPSA) is 64.4 Å². The van der Waals surface area contributed by atoms with E-state index in [9.17, 15) is 9.18 Å². The zero-order valence-corrected chi connectivity index (χ0v) is 15.3. The second-order valence-electron chi connectivity index (χ2n) is 6.22. The molecule has 0 atom stereocenters. The molecule has 3 aromatic rings. The largest absolute Gasteiger partial charge is 0.496 e. The van der Waals surface area contributed by atoms with E-state index >= 15 is 0 Å². The Kier molecular flexibility index (Phi) is 5.86. The van der Waals surface area contributed by atoms with Gasteiger partial charge in [-0.1, -0.05) is 6.07 Å². The molecule has 1 amide bonds. The number of methoxy groups -OCH3 is 1. The number of benzene rings is 1. The number of carbonyl (C=O) groups is 1. The van der Waals surface area contributed by atoms with Crippen molar-refractivity contribution in [3.05, 3.63) is 71.7 Å². The van der Waals surface area contributed by atoms with Crippen molar-refractivity contribution in [2.75, 3.05) is 13.7 Å². The summed E-state index contributed by atoms with van der Waals surface area (Å²) in [6.45, 7) is 2.40. The van der Waals surface area contributed by atoms with Gasteiger partial charge in [-0.2, -0.15) is 0 Å². The molecule has 1 aromatic carbocycles. The molecule has 0 aliphatic heterocycles. The molecular weight excluding hydrogens is 347 g/mol. The predicted molar refractivity (Wildman–Crippen MR) is 100 cm³/mol. The van der Waals surface area contributed by atoms with Crippen molar-refractivity contribution in [2.45, 2.75) is 19.8 Å². The highest BCUT2D eigenvalue weighted by atomic mass is 19.1. The van der Waals surface area contributed by atoms with E-state index in [1.165, 1.54) is 18.5 Å². The van der Waals surface area contributed by atoms with Gasteiger partial charge in [0, 0.05) is 18.3 Å². The number of hydrogen-bond acceptors (Lipinski definition) is 4. The summed E-state index contributed by atoms with van der Waals surface area (Å²) >= 11 is 0. The van der Waals surface area contributed by atoms with E-state index in [4.69, 9.17) is 9.15 Å². The molecule has 0 spiro atoms. The zero-order valence-electron chi connectivity index (χ0n) is 15.3. The average Bonchev–Trinajstić information content (AvgIpc) is 3.15. The Balaban J connectivity index is 1.61. The van der Waals surface area contributed by atoms with Gasteiger partial charge in [-0.3, -0.25) is 9.78 Å². The summed E-state index contributed by atoms with van der Waals surface area (Å²) in [6.07, 6.45) is 5.61. The maximum Gasteiger partial charge on any atom is 0.287 e. The molecule has 1 N–H and O–H groups in total. The first kappa shape index (κ1) is 18.6. The first-order valence-electron chi connectivity index (χ1n) is 8.68. The maximum atomic E-state index is 13.1. The van der Waals surface area contributed by atoms with Crippen molar-refractivity contribution >= 4 is 5.91 Å². The van der Waals surface area contributed by atoms with E-state index in [0.29, 0.717) is 19.4 Å². The lowest BCUT2D eigenvalue weighted by Crippen LogP contribution is -2.24. The van der Waals surface area contributed by atoms with Crippen molar-refractivity contribution in [3.63, 3.8) is 0 Å². The summed E-state index contributed by atoms with van der Waals surface area (Å²) < 4.78 is 23.8. The molecule has 6 heteroatoms. The van der Waals surface area contributed by atoms with Gasteiger partial charge in [0.05, 0.1) is 19.6 Å². The van der Waals surface area contributed by atoms with Crippen molar-refractivity contribution < 1.29 is 18.3 Å². The summed E-state index contributed by atoms with van der Waals surface area (Å²) in [7, 11) is 1.62. The summed E-state index contributed by atoms with van der Waals surface area (Å²) in [4.78, 5) is 16.3. The van der Waals surface area contributed by atoms with Crippen LogP contribution < -0.4 is 10.1 Å². The number of amides is 1. The van der Waals surface area contributed by atoms with Crippen LogP contribution in [0.3, 0.4) is 0 Å². The molecule has 0 bridgehead atoms. The van der Waals surface area contributed by atoms with Gasteiger partial charge in [0.1, 0.15) is 11.6 Å². The Hall–Kier alpha value is -3.15. The number of ether oxygens (including phenoxy) is 1. The fourth-order valence-electron chi connectivity index (χ4n) is 2.93. The lowest BCUT2D eigenvalue weighted by Gasteiger charge is -2.08. The van der Waals surface area contributed by atoms with E-state index < -0.39 is 0 Å². The molecule has 0 saturated heterocycles. The molecule has 0 unspecified atom stereocenters. The number of halogens is 1. The van der Waals surface area contributed by atoms with Crippen LogP contribution in [-0.4, -0.2) is 24.5 Å². The number of aryl methyl sites for hydroxylation is 2. The van der Waals surface area contributed by atoms with E-state index in [0.717, 1.165) is 28.0 Å². The quantitative estimate of drug-likeness (QED) is 0.636. The van der Waals surface area contributed by atoms with E-state index in [1.807, 2.05) is 25.1 Å². The Morgan fingerprint density at radius 2 is 2.11 bits per heavy atom. The second-order valence-corrected chi connectivity index (χ2v) is 6.22. The highest BCUT2D eigenvalue weighted by Crippen LogP contribution is 2.29. The van der Waals surface area contributed by atoms with Gasteiger partial charge in [0.25, 0.3) is 5.91 Å². The fourth-order valence-corrected chi connectivity index (χ4v) is 2.93. The van der Waals surface area contributed by atoms with Gasteiger partial charge < -0.3 is 14.5 Å². The van der Waals surface area contributed by atoms with Crippen LogP contribution in [0.5, 0.6) is 5.75 Å². The zero-order chi connectivity index (χ0) is 19.2. The Morgan fingerprint density at radius 1 is 1.26 bits per heavy atom. The van der Waals surface area contributed by atoms with Gasteiger partial charge in [0.2, 0.25) is 0 Å². The number of carbonyl (C=O) groups excluding carboxylic acids is 1. The van der Waals surface area contributed by atoms with Crippen LogP contribution in [0.1, 0.15) is 28.1 Å². The third-order valence-electron chi connectivity index (χ3n) is 4.27. The Labute approximate surface area is 157 Å². The molecule has 0 aliphatic rings. The van der Waals surface area contributed by atoms with Crippen LogP contribution in [0.15, 0.2) is 53.4 Å².